The molecule has 9 nitrogen and oxygen atoms in total. The number of fused-ring (bicyclic) bond motifs is 1. The summed E-state index contributed by atoms with van der Waals surface area (Å²) in [6.45, 7) is 2.80. The molecule has 2 aromatic rings. The molecule has 5 rings (SSSR count). The Hall–Kier alpha value is -2.84. The van der Waals surface area contributed by atoms with E-state index in [2.05, 4.69) is 30.4 Å². The van der Waals surface area contributed by atoms with Crippen molar-refractivity contribution in [2.75, 3.05) is 36.4 Å². The first kappa shape index (κ1) is 15.4. The van der Waals surface area contributed by atoms with E-state index in [-0.39, 0.29) is 0 Å². The van der Waals surface area contributed by atoms with Gasteiger partial charge in [-0.1, -0.05) is 0 Å². The smallest absolute Gasteiger partial charge is 0.407 e. The number of anilines is 3. The highest BCUT2D eigenvalue weighted by atomic mass is 16.4. The molecule has 26 heavy (non-hydrogen) atoms. The number of carboxylic acid groups (broad SMARTS) is 1. The van der Waals surface area contributed by atoms with Crippen molar-refractivity contribution < 1.29 is 9.90 Å². The number of H-pyrrole nitrogens is 1. The number of hydrogen-bond donors (Lipinski definition) is 3. The van der Waals surface area contributed by atoms with Crippen LogP contribution in [-0.4, -0.2) is 62.4 Å². The van der Waals surface area contributed by atoms with Gasteiger partial charge in [0, 0.05) is 61.9 Å². The molecule has 1 amide bonds. The van der Waals surface area contributed by atoms with Crippen LogP contribution in [0.1, 0.15) is 24.5 Å². The minimum Gasteiger partial charge on any atom is -0.465 e. The first-order chi connectivity index (χ1) is 12.7. The molecule has 0 radical (unpaired) electrons. The Morgan fingerprint density at radius 2 is 1.96 bits per heavy atom. The number of nitrogens with one attached hydrogen (secondary N) is 2. The van der Waals surface area contributed by atoms with E-state index >= 15 is 0 Å². The van der Waals surface area contributed by atoms with Crippen LogP contribution in [-0.2, 0) is 0 Å². The first-order valence-corrected chi connectivity index (χ1v) is 9.04. The molecule has 1 saturated carbocycles. The summed E-state index contributed by atoms with van der Waals surface area (Å²) >= 11 is 0. The molecule has 136 valence electrons. The molecule has 0 spiro atoms. The summed E-state index contributed by atoms with van der Waals surface area (Å²) < 4.78 is 0. The third kappa shape index (κ3) is 2.83. The number of aromatic amines is 1. The lowest BCUT2D eigenvalue weighted by Gasteiger charge is -2.20. The van der Waals surface area contributed by atoms with Gasteiger partial charge in [-0.2, -0.15) is 10.1 Å². The summed E-state index contributed by atoms with van der Waals surface area (Å²) in [5.74, 6) is 3.52. The number of nitrogens with zero attached hydrogens (tertiary/aromatic N) is 5. The molecule has 0 aromatic carbocycles. The lowest BCUT2D eigenvalue weighted by Crippen LogP contribution is -2.32. The monoisotopic (exact) mass is 355 g/mol. The minimum absolute atomic E-state index is 0.360. The molecule has 4 heterocycles. The Labute approximate surface area is 150 Å². The van der Waals surface area contributed by atoms with Gasteiger partial charge in [0.25, 0.3) is 0 Å². The highest BCUT2D eigenvalue weighted by Gasteiger charge is 2.42. The van der Waals surface area contributed by atoms with Gasteiger partial charge in [0.15, 0.2) is 5.82 Å². The van der Waals surface area contributed by atoms with Crippen molar-refractivity contribution in [2.45, 2.75) is 18.8 Å². The van der Waals surface area contributed by atoms with E-state index in [1.807, 2.05) is 12.1 Å². The maximum absolute atomic E-state index is 11.1. The van der Waals surface area contributed by atoms with Crippen molar-refractivity contribution >= 4 is 23.7 Å². The van der Waals surface area contributed by atoms with Crippen molar-refractivity contribution in [3.05, 3.63) is 24.0 Å². The van der Waals surface area contributed by atoms with Crippen LogP contribution in [0.15, 0.2) is 18.3 Å². The van der Waals surface area contributed by atoms with Crippen molar-refractivity contribution in [3.8, 4) is 0 Å². The van der Waals surface area contributed by atoms with Gasteiger partial charge in [0.2, 0.25) is 5.95 Å². The normalized spacial score (nSPS) is 24.8. The van der Waals surface area contributed by atoms with Gasteiger partial charge in [-0.3, -0.25) is 5.10 Å². The SMILES string of the molecule is O=C(O)N1CC2CN(c3nccc(Nc4cc(C5CC5)[nH]n4)n3)CC2C1. The molecule has 2 aliphatic heterocycles. The molecule has 1 aliphatic carbocycles. The molecule has 2 unspecified atom stereocenters. The quantitative estimate of drug-likeness (QED) is 0.768. The van der Waals surface area contributed by atoms with Crippen LogP contribution in [0.2, 0.25) is 0 Å². The summed E-state index contributed by atoms with van der Waals surface area (Å²) in [7, 11) is 0. The van der Waals surface area contributed by atoms with Crippen LogP contribution in [0.25, 0.3) is 0 Å². The Morgan fingerprint density at radius 1 is 1.19 bits per heavy atom. The lowest BCUT2D eigenvalue weighted by atomic mass is 10.0. The highest BCUT2D eigenvalue weighted by molar-refractivity contribution is 5.65. The third-order valence-corrected chi connectivity index (χ3v) is 5.55. The number of amides is 1. The van der Waals surface area contributed by atoms with Gasteiger partial charge in [-0.15, -0.1) is 0 Å². The average Bonchev–Trinajstić information content (AvgIpc) is 3.04. The maximum Gasteiger partial charge on any atom is 0.407 e. The van der Waals surface area contributed by atoms with Crippen LogP contribution in [0.4, 0.5) is 22.4 Å². The summed E-state index contributed by atoms with van der Waals surface area (Å²) in [5, 5.41) is 19.8. The van der Waals surface area contributed by atoms with E-state index in [1.54, 1.807) is 6.20 Å². The van der Waals surface area contributed by atoms with E-state index in [9.17, 15) is 4.79 Å². The van der Waals surface area contributed by atoms with Crippen molar-refractivity contribution in [1.82, 2.24) is 25.1 Å². The lowest BCUT2D eigenvalue weighted by molar-refractivity contribution is 0.153. The van der Waals surface area contributed by atoms with Gasteiger partial charge in [-0.05, 0) is 18.9 Å². The topological polar surface area (TPSA) is 110 Å². The summed E-state index contributed by atoms with van der Waals surface area (Å²) in [4.78, 5) is 23.8. The second kappa shape index (κ2) is 5.86. The van der Waals surface area contributed by atoms with E-state index < -0.39 is 6.09 Å². The summed E-state index contributed by atoms with van der Waals surface area (Å²) in [5.41, 5.74) is 1.18. The van der Waals surface area contributed by atoms with Gasteiger partial charge in [0.05, 0.1) is 0 Å². The second-order valence-electron chi connectivity index (χ2n) is 7.46. The zero-order valence-corrected chi connectivity index (χ0v) is 14.3. The predicted molar refractivity (Wildman–Crippen MR) is 94.7 cm³/mol. The number of hydrogen-bond acceptors (Lipinski definition) is 6. The number of aromatic nitrogens is 4. The molecule has 3 fully saturated rings. The van der Waals surface area contributed by atoms with Crippen molar-refractivity contribution in [1.29, 1.82) is 0 Å². The maximum atomic E-state index is 11.1. The zero-order valence-electron chi connectivity index (χ0n) is 14.3. The fourth-order valence-corrected chi connectivity index (χ4v) is 4.02. The van der Waals surface area contributed by atoms with Crippen LogP contribution in [0.3, 0.4) is 0 Å². The standard InChI is InChI=1S/C17H21N7O2/c25-17(26)24-8-11-6-23(7-12(11)9-24)16-18-4-3-14(20-16)19-15-5-13(21-22-15)10-1-2-10/h3-5,10-12H,1-2,6-9H2,(H,25,26)(H2,18,19,20,21,22). The van der Waals surface area contributed by atoms with Gasteiger partial charge in [-0.25, -0.2) is 9.78 Å². The van der Waals surface area contributed by atoms with Gasteiger partial charge in [0.1, 0.15) is 5.82 Å². The second-order valence-corrected chi connectivity index (χ2v) is 7.46. The third-order valence-electron chi connectivity index (χ3n) is 5.55. The average molecular weight is 355 g/mol. The first-order valence-electron chi connectivity index (χ1n) is 9.04. The molecule has 2 aromatic heterocycles. The molecule has 2 saturated heterocycles. The fraction of sp³-hybridized carbons (Fsp3) is 0.529. The Kier molecular flexibility index (Phi) is 3.47. The molecular formula is C17H21N7O2. The molecular weight excluding hydrogens is 334 g/mol. The Balaban J connectivity index is 1.26. The van der Waals surface area contributed by atoms with Gasteiger partial charge < -0.3 is 20.2 Å². The number of rotatable bonds is 4. The largest absolute Gasteiger partial charge is 0.465 e. The zero-order chi connectivity index (χ0) is 17.7. The molecule has 0 bridgehead atoms. The Bertz CT molecular complexity index is 820. The van der Waals surface area contributed by atoms with E-state index in [1.165, 1.54) is 23.4 Å². The molecule has 3 N–H and O–H groups in total. The fourth-order valence-electron chi connectivity index (χ4n) is 4.02. The van der Waals surface area contributed by atoms with Crippen LogP contribution >= 0.6 is 0 Å². The molecule has 2 atom stereocenters. The van der Waals surface area contributed by atoms with E-state index in [0.29, 0.717) is 42.6 Å². The number of carbonyl (C=O) groups is 1. The van der Waals surface area contributed by atoms with E-state index in [0.717, 1.165) is 18.9 Å². The predicted octanol–water partition coefficient (Wildman–Crippen LogP) is 1.87. The summed E-state index contributed by atoms with van der Waals surface area (Å²) in [6, 6.07) is 3.87. The minimum atomic E-state index is -0.821. The Morgan fingerprint density at radius 3 is 2.65 bits per heavy atom. The van der Waals surface area contributed by atoms with Crippen LogP contribution in [0.5, 0.6) is 0 Å². The van der Waals surface area contributed by atoms with Crippen LogP contribution < -0.4 is 10.2 Å². The van der Waals surface area contributed by atoms with Crippen molar-refractivity contribution in [3.63, 3.8) is 0 Å². The molecule has 3 aliphatic rings. The molecule has 9 heteroatoms. The van der Waals surface area contributed by atoms with Crippen molar-refractivity contribution in [2.24, 2.45) is 11.8 Å². The van der Waals surface area contributed by atoms with E-state index in [4.69, 9.17) is 5.11 Å². The van der Waals surface area contributed by atoms with Gasteiger partial charge >= 0.3 is 6.09 Å². The summed E-state index contributed by atoms with van der Waals surface area (Å²) in [6.07, 6.45) is 3.39. The number of likely N-dealkylation sites (tertiary alicyclic amines) is 1. The highest BCUT2D eigenvalue weighted by Crippen LogP contribution is 2.39. The van der Waals surface area contributed by atoms with Crippen LogP contribution in [0, 0.1) is 11.8 Å².